The van der Waals surface area contributed by atoms with E-state index in [9.17, 15) is 9.18 Å². The number of rotatable bonds is 4. The van der Waals surface area contributed by atoms with Crippen molar-refractivity contribution in [2.45, 2.75) is 38.5 Å². The van der Waals surface area contributed by atoms with E-state index in [0.717, 1.165) is 29.8 Å². The van der Waals surface area contributed by atoms with Crippen LogP contribution in [-0.2, 0) is 12.8 Å². The van der Waals surface area contributed by atoms with Crippen LogP contribution >= 0.6 is 0 Å². The third-order valence-corrected chi connectivity index (χ3v) is 5.04. The smallest absolute Gasteiger partial charge is 0.167 e. The third kappa shape index (κ3) is 2.85. The molecule has 132 valence electrons. The Morgan fingerprint density at radius 3 is 2.54 bits per heavy atom. The van der Waals surface area contributed by atoms with E-state index in [2.05, 4.69) is 24.2 Å². The molecule has 3 nitrogen and oxygen atoms in total. The zero-order chi connectivity index (χ0) is 18.1. The molecule has 0 spiro atoms. The first-order valence-corrected chi connectivity index (χ1v) is 9.12. The fourth-order valence-electron chi connectivity index (χ4n) is 3.84. The molecule has 0 saturated heterocycles. The van der Waals surface area contributed by atoms with Crippen molar-refractivity contribution in [1.29, 1.82) is 0 Å². The summed E-state index contributed by atoms with van der Waals surface area (Å²) in [5.74, 6) is -0.103. The van der Waals surface area contributed by atoms with Gasteiger partial charge in [0.25, 0.3) is 0 Å². The molecule has 0 saturated carbocycles. The molecule has 0 fully saturated rings. The molecule has 0 aliphatic heterocycles. The van der Waals surface area contributed by atoms with E-state index in [0.29, 0.717) is 24.1 Å². The standard InChI is InChI=1S/C22H21FN2O/c1-2-8-18-22-20(25(24-18)19-12-7-6-11-17(19)23)13-16(14-21(22)26)15-9-4-3-5-10-15/h3-7,9-12,16H,2,8,13-14H2,1H3. The fourth-order valence-corrected chi connectivity index (χ4v) is 3.84. The van der Waals surface area contributed by atoms with Crippen molar-refractivity contribution in [1.82, 2.24) is 9.78 Å². The highest BCUT2D eigenvalue weighted by molar-refractivity contribution is 6.00. The highest BCUT2D eigenvalue weighted by Gasteiger charge is 2.33. The second kappa shape index (κ2) is 6.87. The van der Waals surface area contributed by atoms with Crippen LogP contribution in [0.4, 0.5) is 4.39 Å². The van der Waals surface area contributed by atoms with Crippen molar-refractivity contribution < 1.29 is 9.18 Å². The lowest BCUT2D eigenvalue weighted by Crippen LogP contribution is -2.21. The van der Waals surface area contributed by atoms with Gasteiger partial charge in [0.15, 0.2) is 5.78 Å². The Hall–Kier alpha value is -2.75. The van der Waals surface area contributed by atoms with Gasteiger partial charge >= 0.3 is 0 Å². The van der Waals surface area contributed by atoms with E-state index in [1.54, 1.807) is 22.9 Å². The number of fused-ring (bicyclic) bond motifs is 1. The van der Waals surface area contributed by atoms with Gasteiger partial charge in [0.1, 0.15) is 11.5 Å². The number of hydrogen-bond acceptors (Lipinski definition) is 2. The molecule has 1 heterocycles. The molecule has 0 radical (unpaired) electrons. The average molecular weight is 348 g/mol. The summed E-state index contributed by atoms with van der Waals surface area (Å²) in [5.41, 5.74) is 3.89. The Kier molecular flexibility index (Phi) is 4.41. The number of ketones is 1. The number of aromatic nitrogens is 2. The summed E-state index contributed by atoms with van der Waals surface area (Å²) < 4.78 is 16.1. The van der Waals surface area contributed by atoms with Crippen molar-refractivity contribution in [3.8, 4) is 5.69 Å². The number of benzene rings is 2. The summed E-state index contributed by atoms with van der Waals surface area (Å²) in [7, 11) is 0. The van der Waals surface area contributed by atoms with Crippen LogP contribution in [0.1, 0.15) is 53.0 Å². The summed E-state index contributed by atoms with van der Waals surface area (Å²) in [4.78, 5) is 12.9. The Morgan fingerprint density at radius 2 is 1.81 bits per heavy atom. The molecular weight excluding hydrogens is 327 g/mol. The van der Waals surface area contributed by atoms with Crippen LogP contribution in [0.5, 0.6) is 0 Å². The number of para-hydroxylation sites is 1. The molecule has 4 rings (SSSR count). The molecule has 0 N–H and O–H groups in total. The molecule has 4 heteroatoms. The van der Waals surface area contributed by atoms with Gasteiger partial charge in [-0.05, 0) is 36.5 Å². The Bertz CT molecular complexity index is 946. The number of carbonyl (C=O) groups excluding carboxylic acids is 1. The van der Waals surface area contributed by atoms with E-state index in [1.807, 2.05) is 18.2 Å². The molecule has 2 aromatic carbocycles. The van der Waals surface area contributed by atoms with Gasteiger partial charge in [-0.2, -0.15) is 5.10 Å². The van der Waals surface area contributed by atoms with E-state index >= 15 is 0 Å². The molecule has 1 atom stereocenters. The van der Waals surface area contributed by atoms with Crippen LogP contribution in [-0.4, -0.2) is 15.6 Å². The fraction of sp³-hybridized carbons (Fsp3) is 0.273. The number of carbonyl (C=O) groups is 1. The van der Waals surface area contributed by atoms with E-state index in [-0.39, 0.29) is 17.5 Å². The van der Waals surface area contributed by atoms with Crippen molar-refractivity contribution in [3.05, 3.63) is 82.9 Å². The maximum atomic E-state index is 14.4. The number of aryl methyl sites for hydroxylation is 1. The first-order valence-electron chi connectivity index (χ1n) is 9.12. The second-order valence-electron chi connectivity index (χ2n) is 6.82. The molecule has 0 bridgehead atoms. The first kappa shape index (κ1) is 16.7. The Morgan fingerprint density at radius 1 is 1.08 bits per heavy atom. The zero-order valence-corrected chi connectivity index (χ0v) is 14.8. The lowest BCUT2D eigenvalue weighted by atomic mass is 9.81. The number of nitrogens with zero attached hydrogens (tertiary/aromatic N) is 2. The largest absolute Gasteiger partial charge is 0.294 e. The highest BCUT2D eigenvalue weighted by atomic mass is 19.1. The van der Waals surface area contributed by atoms with Gasteiger partial charge in [-0.1, -0.05) is 55.8 Å². The molecule has 0 amide bonds. The van der Waals surface area contributed by atoms with Crippen molar-refractivity contribution in [2.75, 3.05) is 0 Å². The minimum absolute atomic E-state index is 0.105. The van der Waals surface area contributed by atoms with Crippen molar-refractivity contribution >= 4 is 5.78 Å². The molecule has 1 aliphatic carbocycles. The topological polar surface area (TPSA) is 34.9 Å². The van der Waals surface area contributed by atoms with Crippen LogP contribution in [0.2, 0.25) is 0 Å². The van der Waals surface area contributed by atoms with E-state index in [4.69, 9.17) is 0 Å². The first-order chi connectivity index (χ1) is 12.7. The summed E-state index contributed by atoms with van der Waals surface area (Å²) >= 11 is 0. The Balaban J connectivity index is 1.85. The van der Waals surface area contributed by atoms with E-state index in [1.165, 1.54) is 6.07 Å². The van der Waals surface area contributed by atoms with E-state index < -0.39 is 0 Å². The van der Waals surface area contributed by atoms with Crippen LogP contribution in [0.25, 0.3) is 5.69 Å². The number of Topliss-reactive ketones (excluding diaryl/α,β-unsaturated/α-hetero) is 1. The zero-order valence-electron chi connectivity index (χ0n) is 14.8. The van der Waals surface area contributed by atoms with Gasteiger partial charge in [0.05, 0.1) is 17.0 Å². The van der Waals surface area contributed by atoms with Crippen molar-refractivity contribution in [2.24, 2.45) is 0 Å². The van der Waals surface area contributed by atoms with Crippen LogP contribution in [0, 0.1) is 5.82 Å². The SMILES string of the molecule is CCCc1nn(-c2ccccc2F)c2c1C(=O)CC(c1ccccc1)C2. The summed E-state index contributed by atoms with van der Waals surface area (Å²) in [6.45, 7) is 2.06. The van der Waals surface area contributed by atoms with Gasteiger partial charge < -0.3 is 0 Å². The van der Waals surface area contributed by atoms with Crippen LogP contribution in [0.3, 0.4) is 0 Å². The lowest BCUT2D eigenvalue weighted by molar-refractivity contribution is 0.0963. The van der Waals surface area contributed by atoms with Gasteiger partial charge in [-0.25, -0.2) is 9.07 Å². The average Bonchev–Trinajstić information content (AvgIpc) is 3.02. The third-order valence-electron chi connectivity index (χ3n) is 5.04. The quantitative estimate of drug-likeness (QED) is 0.674. The number of hydrogen-bond donors (Lipinski definition) is 0. The highest BCUT2D eigenvalue weighted by Crippen LogP contribution is 2.36. The van der Waals surface area contributed by atoms with Gasteiger partial charge in [-0.3, -0.25) is 4.79 Å². The monoisotopic (exact) mass is 348 g/mol. The maximum Gasteiger partial charge on any atom is 0.167 e. The predicted octanol–water partition coefficient (Wildman–Crippen LogP) is 4.88. The summed E-state index contributed by atoms with van der Waals surface area (Å²) in [6.07, 6.45) is 2.80. The normalized spacial score (nSPS) is 16.5. The predicted molar refractivity (Wildman–Crippen MR) is 99.4 cm³/mol. The minimum Gasteiger partial charge on any atom is -0.294 e. The Labute approximate surface area is 152 Å². The van der Waals surface area contributed by atoms with Crippen molar-refractivity contribution in [3.63, 3.8) is 0 Å². The van der Waals surface area contributed by atoms with Gasteiger partial charge in [0.2, 0.25) is 0 Å². The number of halogens is 1. The molecule has 26 heavy (non-hydrogen) atoms. The molecule has 1 aliphatic rings. The van der Waals surface area contributed by atoms with Gasteiger partial charge in [-0.15, -0.1) is 0 Å². The summed E-state index contributed by atoms with van der Waals surface area (Å²) in [5, 5.41) is 4.65. The minimum atomic E-state index is -0.324. The van der Waals surface area contributed by atoms with Gasteiger partial charge in [0, 0.05) is 6.42 Å². The molecular formula is C22H21FN2O. The molecule has 3 aromatic rings. The molecule has 1 aromatic heterocycles. The van der Waals surface area contributed by atoms with Crippen LogP contribution in [0.15, 0.2) is 54.6 Å². The summed E-state index contributed by atoms with van der Waals surface area (Å²) in [6, 6.07) is 16.7. The molecule has 1 unspecified atom stereocenters. The lowest BCUT2D eigenvalue weighted by Gasteiger charge is -2.23. The van der Waals surface area contributed by atoms with Crippen LogP contribution < -0.4 is 0 Å². The second-order valence-corrected chi connectivity index (χ2v) is 6.82. The maximum absolute atomic E-state index is 14.4.